The van der Waals surface area contributed by atoms with Gasteiger partial charge in [-0.25, -0.2) is 9.45 Å². The Morgan fingerprint density at radius 2 is 1.19 bits per heavy atom. The van der Waals surface area contributed by atoms with E-state index in [4.69, 9.17) is 24.1 Å². The van der Waals surface area contributed by atoms with Crippen LogP contribution in [-0.2, 0) is 29.5 Å². The molecular formula is C16H35O9P. The highest BCUT2D eigenvalue weighted by Gasteiger charge is 2.00. The van der Waals surface area contributed by atoms with Crippen LogP contribution in [0.5, 0.6) is 0 Å². The Kier molecular flexibility index (Phi) is 24.0. The average Bonchev–Trinajstić information content (AvgIpc) is 2.56. The second-order valence-corrected chi connectivity index (χ2v) is 6.72. The molecule has 0 aliphatic carbocycles. The highest BCUT2D eigenvalue weighted by Crippen LogP contribution is 2.25. The monoisotopic (exact) mass is 402 g/mol. The first-order valence-electron chi connectivity index (χ1n) is 9.09. The summed E-state index contributed by atoms with van der Waals surface area (Å²) in [6, 6.07) is 0. The van der Waals surface area contributed by atoms with E-state index in [1.807, 2.05) is 0 Å². The van der Waals surface area contributed by atoms with Crippen LogP contribution in [0.2, 0.25) is 0 Å². The van der Waals surface area contributed by atoms with Crippen molar-refractivity contribution in [3.63, 3.8) is 0 Å². The Hall–Kier alpha value is -0.510. The minimum atomic E-state index is -4.64. The van der Waals surface area contributed by atoms with E-state index in [0.717, 1.165) is 19.1 Å². The Morgan fingerprint density at radius 1 is 0.769 bits per heavy atom. The molecule has 0 aliphatic rings. The Labute approximate surface area is 156 Å². The van der Waals surface area contributed by atoms with Crippen LogP contribution in [0.25, 0.3) is 0 Å². The first-order valence-corrected chi connectivity index (χ1v) is 10.7. The first-order chi connectivity index (χ1) is 12.4. The Morgan fingerprint density at radius 3 is 1.62 bits per heavy atom. The van der Waals surface area contributed by atoms with Crippen molar-refractivity contribution < 1.29 is 44.1 Å². The summed E-state index contributed by atoms with van der Waals surface area (Å²) < 4.78 is 8.88. The molecule has 9 nitrogen and oxygen atoms in total. The van der Waals surface area contributed by atoms with Crippen LogP contribution in [-0.4, -0.2) is 21.3 Å². The van der Waals surface area contributed by atoms with Crippen molar-refractivity contribution in [2.45, 2.75) is 84.0 Å². The number of phosphoric acid groups is 1. The minimum absolute atomic E-state index is 0.481. The van der Waals surface area contributed by atoms with Gasteiger partial charge in [-0.3, -0.25) is 0 Å². The van der Waals surface area contributed by atoms with E-state index in [-0.39, 0.29) is 0 Å². The summed E-state index contributed by atoms with van der Waals surface area (Å²) in [6.07, 6.45) is 16.8. The van der Waals surface area contributed by atoms with Gasteiger partial charge in [0.1, 0.15) is 6.26 Å². The molecule has 0 aliphatic heterocycles. The van der Waals surface area contributed by atoms with E-state index in [1.54, 1.807) is 0 Å². The molecule has 0 aromatic rings. The molecule has 0 spiro atoms. The smallest absolute Gasteiger partial charge is 0.315 e. The fourth-order valence-electron chi connectivity index (χ4n) is 2.11. The summed E-state index contributed by atoms with van der Waals surface area (Å²) >= 11 is 0. The van der Waals surface area contributed by atoms with E-state index < -0.39 is 7.82 Å². The predicted molar refractivity (Wildman–Crippen MR) is 95.8 cm³/mol. The van der Waals surface area contributed by atoms with Crippen LogP contribution < -0.4 is 0 Å². The molecule has 0 saturated heterocycles. The minimum Gasteiger partial charge on any atom is -0.315 e. The van der Waals surface area contributed by atoms with Crippen molar-refractivity contribution >= 4 is 7.82 Å². The second kappa shape index (κ2) is 22.5. The molecule has 0 heterocycles. The lowest BCUT2D eigenvalue weighted by atomic mass is 10.1. The lowest BCUT2D eigenvalue weighted by molar-refractivity contribution is -0.700. The maximum atomic E-state index is 8.88. The van der Waals surface area contributed by atoms with Crippen LogP contribution in [0.3, 0.4) is 0 Å². The second-order valence-electron chi connectivity index (χ2n) is 5.69. The van der Waals surface area contributed by atoms with Gasteiger partial charge in [0.25, 0.3) is 0 Å². The van der Waals surface area contributed by atoms with Gasteiger partial charge in [0.15, 0.2) is 0 Å². The van der Waals surface area contributed by atoms with E-state index in [1.165, 1.54) is 64.2 Å². The molecule has 0 unspecified atom stereocenters. The van der Waals surface area contributed by atoms with Gasteiger partial charge in [0.2, 0.25) is 0 Å². The van der Waals surface area contributed by atoms with Crippen LogP contribution in [0.15, 0.2) is 12.8 Å². The van der Waals surface area contributed by atoms with Gasteiger partial charge in [0, 0.05) is 10.1 Å². The third kappa shape index (κ3) is 38.8. The van der Waals surface area contributed by atoms with Gasteiger partial charge in [-0.05, 0) is 11.5 Å². The Bertz CT molecular complexity index is 315. The zero-order valence-corrected chi connectivity index (χ0v) is 16.6. The Balaban J connectivity index is 0. The fourth-order valence-corrected chi connectivity index (χ4v) is 2.11. The average molecular weight is 402 g/mol. The number of hydrogen-bond donors (Lipinski definition) is 3. The molecule has 26 heavy (non-hydrogen) atoms. The first kappa shape index (κ1) is 27.7. The number of hydrogen-bond acceptors (Lipinski definition) is 6. The predicted octanol–water partition coefficient (Wildman–Crippen LogP) is 4.65. The lowest BCUT2D eigenvalue weighted by Gasteiger charge is -2.03. The van der Waals surface area contributed by atoms with Crippen molar-refractivity contribution in [1.29, 1.82) is 0 Å². The molecule has 0 aromatic carbocycles. The molecule has 3 N–H and O–H groups in total. The zero-order valence-electron chi connectivity index (χ0n) is 15.7. The molecule has 0 atom stereocenters. The molecule has 0 aromatic heterocycles. The number of unbranched alkanes of at least 4 members (excludes halogenated alkanes) is 11. The summed E-state index contributed by atoms with van der Waals surface area (Å²) in [4.78, 5) is 30.5. The summed E-state index contributed by atoms with van der Waals surface area (Å²) in [6.45, 7) is 5.99. The van der Waals surface area contributed by atoms with Crippen molar-refractivity contribution in [3.8, 4) is 0 Å². The molecule has 0 bridgehead atoms. The van der Waals surface area contributed by atoms with Gasteiger partial charge in [-0.1, -0.05) is 84.1 Å². The maximum Gasteiger partial charge on any atom is 0.466 e. The highest BCUT2D eigenvalue weighted by atomic mass is 31.2. The van der Waals surface area contributed by atoms with Gasteiger partial charge in [-0.15, -0.1) is 0 Å². The van der Waals surface area contributed by atoms with Gasteiger partial charge < -0.3 is 19.6 Å². The van der Waals surface area contributed by atoms with Crippen LogP contribution >= 0.6 is 7.82 Å². The zero-order chi connectivity index (χ0) is 19.9. The molecule has 0 rings (SSSR count). The molecule has 0 radical (unpaired) electrons. The van der Waals surface area contributed by atoms with Crippen molar-refractivity contribution in [2.75, 3.05) is 6.61 Å². The third-order valence-electron chi connectivity index (χ3n) is 3.29. The van der Waals surface area contributed by atoms with Crippen molar-refractivity contribution in [1.82, 2.24) is 0 Å². The standard InChI is InChI=1S/C16H32O5.H3O4P/c1-3-5-6-7-8-9-10-11-12-13-14-15-16-18-20-21-19-17-4-2;1-5(2,3)4/h4H,2-3,5-16H2,1H3;(H3,1,2,3,4). The SMILES string of the molecule is C=COOOOOCCCCCCCCCCCCCC.O=P(O)(O)O. The fraction of sp³-hybridized carbons (Fsp3) is 0.875. The normalized spacial score (nSPS) is 10.9. The summed E-state index contributed by atoms with van der Waals surface area (Å²) in [5.74, 6) is 0. The van der Waals surface area contributed by atoms with Crippen molar-refractivity contribution in [3.05, 3.63) is 12.8 Å². The topological polar surface area (TPSA) is 124 Å². The summed E-state index contributed by atoms with van der Waals surface area (Å²) in [5, 5.41) is 12.3. The van der Waals surface area contributed by atoms with Gasteiger partial charge in [0.05, 0.1) is 6.61 Å². The molecular weight excluding hydrogens is 367 g/mol. The molecule has 158 valence electrons. The third-order valence-corrected chi connectivity index (χ3v) is 3.29. The van der Waals surface area contributed by atoms with Crippen LogP contribution in [0.4, 0.5) is 0 Å². The molecule has 10 heteroatoms. The number of rotatable bonds is 18. The van der Waals surface area contributed by atoms with Gasteiger partial charge >= 0.3 is 7.82 Å². The molecule has 0 saturated carbocycles. The van der Waals surface area contributed by atoms with Gasteiger partial charge in [-0.2, -0.15) is 0 Å². The van der Waals surface area contributed by atoms with E-state index in [0.29, 0.717) is 6.61 Å². The van der Waals surface area contributed by atoms with Crippen LogP contribution in [0.1, 0.15) is 84.0 Å². The lowest BCUT2D eigenvalue weighted by Crippen LogP contribution is -1.99. The summed E-state index contributed by atoms with van der Waals surface area (Å²) in [5.41, 5.74) is 0. The largest absolute Gasteiger partial charge is 0.466 e. The summed E-state index contributed by atoms with van der Waals surface area (Å²) in [7, 11) is -4.64. The van der Waals surface area contributed by atoms with Crippen LogP contribution in [0, 0.1) is 0 Å². The van der Waals surface area contributed by atoms with E-state index in [9.17, 15) is 0 Å². The maximum absolute atomic E-state index is 8.88. The molecule has 0 fully saturated rings. The molecule has 0 amide bonds. The quantitative estimate of drug-likeness (QED) is 0.0988. The van der Waals surface area contributed by atoms with E-state index in [2.05, 4.69) is 33.5 Å². The van der Waals surface area contributed by atoms with E-state index >= 15 is 0 Å². The highest BCUT2D eigenvalue weighted by molar-refractivity contribution is 7.45. The van der Waals surface area contributed by atoms with Crippen molar-refractivity contribution in [2.24, 2.45) is 0 Å².